The van der Waals surface area contributed by atoms with Crippen LogP contribution in [0, 0.1) is 6.92 Å². The third-order valence-corrected chi connectivity index (χ3v) is 5.28. The van der Waals surface area contributed by atoms with E-state index in [0.717, 1.165) is 62.8 Å². The van der Waals surface area contributed by atoms with E-state index in [2.05, 4.69) is 39.7 Å². The molecule has 1 saturated heterocycles. The fourth-order valence-corrected chi connectivity index (χ4v) is 3.73. The highest BCUT2D eigenvalue weighted by Gasteiger charge is 2.09. The average Bonchev–Trinajstić information content (AvgIpc) is 3.01. The summed E-state index contributed by atoms with van der Waals surface area (Å²) < 4.78 is 2.04. The number of aromatic nitrogens is 2. The molecular weight excluding hydrogens is 405 g/mol. The highest BCUT2D eigenvalue weighted by molar-refractivity contribution is 7.99. The average molecular weight is 434 g/mol. The van der Waals surface area contributed by atoms with Gasteiger partial charge in [0.15, 0.2) is 0 Å². The van der Waals surface area contributed by atoms with Crippen molar-refractivity contribution in [3.63, 3.8) is 0 Å². The van der Waals surface area contributed by atoms with E-state index in [1.54, 1.807) is 11.8 Å². The van der Waals surface area contributed by atoms with Gasteiger partial charge in [-0.15, -0.1) is 36.6 Å². The summed E-state index contributed by atoms with van der Waals surface area (Å²) >= 11 is 1.61. The largest absolute Gasteiger partial charge is 0.355 e. The number of nitrogens with zero attached hydrogens (tertiary/aromatic N) is 3. The second kappa shape index (κ2) is 12.5. The SMILES string of the molecule is Cc1ccc2nc(CSCC(=O)NCCCN3CCNCC3)cn2c1.Cl.Cl. The fourth-order valence-electron chi connectivity index (χ4n) is 2.99. The first-order valence-electron chi connectivity index (χ1n) is 8.92. The Hall–Kier alpha value is -0.990. The first kappa shape index (κ1) is 24.0. The predicted octanol–water partition coefficient (Wildman–Crippen LogP) is 2.13. The molecule has 2 aromatic heterocycles. The van der Waals surface area contributed by atoms with Gasteiger partial charge in [0.25, 0.3) is 0 Å². The number of hydrogen-bond donors (Lipinski definition) is 2. The Kier molecular flexibility index (Phi) is 11.1. The van der Waals surface area contributed by atoms with E-state index in [1.807, 2.05) is 16.7 Å². The van der Waals surface area contributed by atoms with Gasteiger partial charge in [-0.3, -0.25) is 4.79 Å². The van der Waals surface area contributed by atoms with Crippen LogP contribution in [-0.4, -0.2) is 65.2 Å². The first-order chi connectivity index (χ1) is 12.2. The zero-order valence-corrected chi connectivity index (χ0v) is 18.1. The maximum atomic E-state index is 11.9. The minimum Gasteiger partial charge on any atom is -0.355 e. The van der Waals surface area contributed by atoms with Gasteiger partial charge in [-0.1, -0.05) is 6.07 Å². The summed E-state index contributed by atoms with van der Waals surface area (Å²) in [4.78, 5) is 18.9. The predicted molar refractivity (Wildman–Crippen MR) is 118 cm³/mol. The lowest BCUT2D eigenvalue weighted by Crippen LogP contribution is -2.44. The highest BCUT2D eigenvalue weighted by atomic mass is 35.5. The van der Waals surface area contributed by atoms with E-state index >= 15 is 0 Å². The van der Waals surface area contributed by atoms with Crippen molar-refractivity contribution in [2.75, 3.05) is 45.0 Å². The van der Waals surface area contributed by atoms with E-state index in [0.29, 0.717) is 5.75 Å². The van der Waals surface area contributed by atoms with Crippen LogP contribution < -0.4 is 10.6 Å². The molecule has 9 heteroatoms. The number of imidazole rings is 1. The molecule has 27 heavy (non-hydrogen) atoms. The molecule has 1 aliphatic rings. The number of carbonyl (C=O) groups excluding carboxylic acids is 1. The molecule has 3 heterocycles. The number of halogens is 2. The summed E-state index contributed by atoms with van der Waals surface area (Å²) in [7, 11) is 0. The first-order valence-corrected chi connectivity index (χ1v) is 10.1. The molecule has 6 nitrogen and oxygen atoms in total. The molecule has 152 valence electrons. The number of hydrogen-bond acceptors (Lipinski definition) is 5. The van der Waals surface area contributed by atoms with Crippen LogP contribution in [0.1, 0.15) is 17.7 Å². The lowest BCUT2D eigenvalue weighted by atomic mass is 10.3. The van der Waals surface area contributed by atoms with Crippen LogP contribution in [0.4, 0.5) is 0 Å². The molecule has 1 fully saturated rings. The van der Waals surface area contributed by atoms with Crippen LogP contribution in [0.15, 0.2) is 24.5 Å². The Bertz CT molecular complexity index is 706. The molecule has 2 N–H and O–H groups in total. The van der Waals surface area contributed by atoms with Crippen molar-refractivity contribution < 1.29 is 4.79 Å². The van der Waals surface area contributed by atoms with Crippen molar-refractivity contribution in [1.29, 1.82) is 0 Å². The van der Waals surface area contributed by atoms with Gasteiger partial charge < -0.3 is 19.9 Å². The van der Waals surface area contributed by atoms with Crippen molar-refractivity contribution >= 4 is 48.1 Å². The quantitative estimate of drug-likeness (QED) is 0.624. The number of amides is 1. The van der Waals surface area contributed by atoms with Crippen molar-refractivity contribution in [3.05, 3.63) is 35.8 Å². The number of thioether (sulfide) groups is 1. The van der Waals surface area contributed by atoms with Crippen LogP contribution in [-0.2, 0) is 10.5 Å². The van der Waals surface area contributed by atoms with Gasteiger partial charge in [0.2, 0.25) is 5.91 Å². The third-order valence-electron chi connectivity index (χ3n) is 4.31. The van der Waals surface area contributed by atoms with E-state index in [4.69, 9.17) is 0 Å². The molecule has 1 aliphatic heterocycles. The lowest BCUT2D eigenvalue weighted by Gasteiger charge is -2.27. The summed E-state index contributed by atoms with van der Waals surface area (Å²) in [5, 5.41) is 6.37. The molecule has 3 rings (SSSR count). The van der Waals surface area contributed by atoms with Crippen LogP contribution in [0.25, 0.3) is 5.65 Å². The van der Waals surface area contributed by atoms with Crippen molar-refractivity contribution in [1.82, 2.24) is 24.9 Å². The molecule has 0 aliphatic carbocycles. The molecule has 1 amide bonds. The summed E-state index contributed by atoms with van der Waals surface area (Å²) in [5.41, 5.74) is 3.19. The lowest BCUT2D eigenvalue weighted by molar-refractivity contribution is -0.118. The van der Waals surface area contributed by atoms with Crippen LogP contribution in [0.3, 0.4) is 0 Å². The number of aryl methyl sites for hydroxylation is 1. The number of nitrogens with one attached hydrogen (secondary N) is 2. The van der Waals surface area contributed by atoms with E-state index in [-0.39, 0.29) is 30.7 Å². The summed E-state index contributed by atoms with van der Waals surface area (Å²) in [6.07, 6.45) is 5.13. The van der Waals surface area contributed by atoms with Crippen LogP contribution >= 0.6 is 36.6 Å². The Morgan fingerprint density at radius 2 is 2.04 bits per heavy atom. The van der Waals surface area contributed by atoms with Gasteiger partial charge in [-0.05, 0) is 31.5 Å². The molecule has 0 unspecified atom stereocenters. The Morgan fingerprint density at radius 1 is 1.26 bits per heavy atom. The number of fused-ring (bicyclic) bond motifs is 1. The monoisotopic (exact) mass is 433 g/mol. The molecule has 0 atom stereocenters. The molecule has 0 bridgehead atoms. The van der Waals surface area contributed by atoms with Gasteiger partial charge in [0.05, 0.1) is 11.4 Å². The zero-order valence-electron chi connectivity index (χ0n) is 15.6. The minimum atomic E-state index is 0. The van der Waals surface area contributed by atoms with E-state index < -0.39 is 0 Å². The van der Waals surface area contributed by atoms with Gasteiger partial charge in [0.1, 0.15) is 5.65 Å². The highest BCUT2D eigenvalue weighted by Crippen LogP contribution is 2.13. The van der Waals surface area contributed by atoms with Gasteiger partial charge in [-0.2, -0.15) is 0 Å². The summed E-state index contributed by atoms with van der Waals surface area (Å²) in [6.45, 7) is 8.27. The molecule has 0 aromatic carbocycles. The Morgan fingerprint density at radius 3 is 2.81 bits per heavy atom. The van der Waals surface area contributed by atoms with Gasteiger partial charge in [-0.25, -0.2) is 4.98 Å². The smallest absolute Gasteiger partial charge is 0.230 e. The normalized spacial score (nSPS) is 14.4. The Balaban J connectivity index is 0.00000182. The number of rotatable bonds is 8. The van der Waals surface area contributed by atoms with Gasteiger partial charge >= 0.3 is 0 Å². The number of carbonyl (C=O) groups is 1. The molecule has 0 radical (unpaired) electrons. The standard InChI is InChI=1S/C18H27N5OS.2ClH/c1-15-3-4-17-21-16(12-23(17)11-15)13-25-14-18(24)20-5-2-8-22-9-6-19-7-10-22;;/h3-4,11-12,19H,2,5-10,13-14H2,1H3,(H,20,24);2*1H. The maximum absolute atomic E-state index is 11.9. The number of pyridine rings is 1. The van der Waals surface area contributed by atoms with Crippen molar-refractivity contribution in [3.8, 4) is 0 Å². The molecule has 2 aromatic rings. The van der Waals surface area contributed by atoms with Crippen LogP contribution in [0.5, 0.6) is 0 Å². The second-order valence-electron chi connectivity index (χ2n) is 6.49. The van der Waals surface area contributed by atoms with Crippen molar-refractivity contribution in [2.24, 2.45) is 0 Å². The van der Waals surface area contributed by atoms with E-state index in [1.165, 1.54) is 5.56 Å². The third kappa shape index (κ3) is 7.87. The number of piperazine rings is 1. The zero-order chi connectivity index (χ0) is 17.5. The summed E-state index contributed by atoms with van der Waals surface area (Å²) in [5.74, 6) is 1.36. The molecule has 0 saturated carbocycles. The fraction of sp³-hybridized carbons (Fsp3) is 0.556. The summed E-state index contributed by atoms with van der Waals surface area (Å²) in [6, 6.07) is 4.09. The van der Waals surface area contributed by atoms with Gasteiger partial charge in [0, 0.05) is 50.9 Å². The van der Waals surface area contributed by atoms with E-state index in [9.17, 15) is 4.79 Å². The second-order valence-corrected chi connectivity index (χ2v) is 7.48. The Labute approximate surface area is 177 Å². The minimum absolute atomic E-state index is 0. The maximum Gasteiger partial charge on any atom is 0.230 e. The van der Waals surface area contributed by atoms with Crippen LogP contribution in [0.2, 0.25) is 0 Å². The van der Waals surface area contributed by atoms with Crippen molar-refractivity contribution in [2.45, 2.75) is 19.1 Å². The molecule has 0 spiro atoms. The molecular formula is C18H29Cl2N5OS. The topological polar surface area (TPSA) is 61.7 Å².